The third-order valence-corrected chi connectivity index (χ3v) is 6.64. The number of para-hydroxylation sites is 1. The number of sulfonamides is 1. The summed E-state index contributed by atoms with van der Waals surface area (Å²) in [6, 6.07) is 6.78. The molecular weight excluding hydrogens is 304 g/mol. The maximum Gasteiger partial charge on any atom is 0.245 e. The van der Waals surface area contributed by atoms with Crippen LogP contribution in [0.5, 0.6) is 0 Å². The first kappa shape index (κ1) is 13.6. The average Bonchev–Trinajstić information content (AvgIpc) is 3.01. The number of rotatable bonds is 3. The van der Waals surface area contributed by atoms with Gasteiger partial charge in [0.25, 0.3) is 0 Å². The fourth-order valence-corrected chi connectivity index (χ4v) is 5.55. The lowest BCUT2D eigenvalue weighted by atomic mass is 9.79. The molecule has 2 saturated heterocycles. The van der Waals surface area contributed by atoms with Gasteiger partial charge in [-0.3, -0.25) is 0 Å². The average molecular weight is 320 g/mol. The molecule has 5 rings (SSSR count). The highest BCUT2D eigenvalue weighted by molar-refractivity contribution is 7.89. The van der Waals surface area contributed by atoms with Crippen LogP contribution in [0.2, 0.25) is 0 Å². The second-order valence-corrected chi connectivity index (χ2v) is 7.64. The summed E-state index contributed by atoms with van der Waals surface area (Å²) in [6.07, 6.45) is 3.94. The van der Waals surface area contributed by atoms with Gasteiger partial charge in [0.15, 0.2) is 0 Å². The zero-order valence-electron chi connectivity index (χ0n) is 11.8. The molecule has 3 fully saturated rings. The van der Waals surface area contributed by atoms with Crippen LogP contribution < -0.4 is 5.73 Å². The summed E-state index contributed by atoms with van der Waals surface area (Å²) in [7, 11) is -3.54. The highest BCUT2D eigenvalue weighted by Gasteiger charge is 2.52. The van der Waals surface area contributed by atoms with Crippen LogP contribution in [0.15, 0.2) is 35.5 Å². The number of anilines is 1. The van der Waals surface area contributed by atoms with Crippen LogP contribution in [-0.4, -0.2) is 45.0 Å². The minimum absolute atomic E-state index is 0.00226. The summed E-state index contributed by atoms with van der Waals surface area (Å²) < 4.78 is 29.0. The Balaban J connectivity index is 1.60. The Kier molecular flexibility index (Phi) is 2.95. The van der Waals surface area contributed by atoms with E-state index in [0.717, 1.165) is 19.3 Å². The van der Waals surface area contributed by atoms with Gasteiger partial charge in [-0.25, -0.2) is 13.1 Å². The third-order valence-electron chi connectivity index (χ3n) is 4.57. The van der Waals surface area contributed by atoms with Crippen LogP contribution in [0, 0.1) is 0 Å². The molecule has 2 aliphatic heterocycles. The molecule has 3 heterocycles. The van der Waals surface area contributed by atoms with E-state index in [-0.39, 0.29) is 23.0 Å². The summed E-state index contributed by atoms with van der Waals surface area (Å²) in [5.41, 5.74) is 6.14. The number of nitrogens with zero attached hydrogens (tertiary/aromatic N) is 5. The molecule has 22 heavy (non-hydrogen) atoms. The Morgan fingerprint density at radius 1 is 1.09 bits per heavy atom. The summed E-state index contributed by atoms with van der Waals surface area (Å²) in [4.78, 5) is 0.200. The smallest absolute Gasteiger partial charge is 0.245 e. The molecule has 3 aliphatic rings. The topological polar surface area (TPSA) is 107 Å². The molecule has 3 atom stereocenters. The minimum atomic E-state index is -3.54. The highest BCUT2D eigenvalue weighted by Crippen LogP contribution is 2.46. The number of nitrogen functional groups attached to an aromatic ring is 1. The Labute approximate surface area is 128 Å². The highest BCUT2D eigenvalue weighted by atomic mass is 32.2. The third kappa shape index (κ3) is 1.92. The monoisotopic (exact) mass is 320 g/mol. The van der Waals surface area contributed by atoms with Crippen molar-refractivity contribution in [3.05, 3.63) is 30.6 Å². The first-order valence-electron chi connectivity index (χ1n) is 7.18. The van der Waals surface area contributed by atoms with E-state index < -0.39 is 10.0 Å². The van der Waals surface area contributed by atoms with Crippen molar-refractivity contribution >= 4 is 15.7 Å². The molecular formula is C13H16N6O2S. The van der Waals surface area contributed by atoms with Gasteiger partial charge in [0.2, 0.25) is 10.0 Å². The van der Waals surface area contributed by atoms with Crippen molar-refractivity contribution in [2.75, 3.05) is 5.73 Å². The molecule has 0 amide bonds. The zero-order valence-corrected chi connectivity index (χ0v) is 12.6. The van der Waals surface area contributed by atoms with Crippen LogP contribution in [0.1, 0.15) is 25.3 Å². The van der Waals surface area contributed by atoms with Crippen LogP contribution in [0.25, 0.3) is 0 Å². The van der Waals surface area contributed by atoms with E-state index in [1.54, 1.807) is 39.6 Å². The van der Waals surface area contributed by atoms with Gasteiger partial charge in [0.1, 0.15) is 11.2 Å². The summed E-state index contributed by atoms with van der Waals surface area (Å²) in [6.45, 7) is 0. The van der Waals surface area contributed by atoms with Crippen molar-refractivity contribution in [2.24, 2.45) is 0 Å². The number of benzene rings is 1. The van der Waals surface area contributed by atoms with Crippen LogP contribution >= 0.6 is 0 Å². The maximum absolute atomic E-state index is 12.8. The van der Waals surface area contributed by atoms with E-state index in [1.807, 2.05) is 0 Å². The van der Waals surface area contributed by atoms with Gasteiger partial charge in [-0.15, -0.1) is 5.10 Å². The number of piperidine rings is 1. The fraction of sp³-hybridized carbons (Fsp3) is 0.462. The Morgan fingerprint density at radius 2 is 1.77 bits per heavy atom. The second-order valence-electron chi connectivity index (χ2n) is 5.83. The van der Waals surface area contributed by atoms with E-state index in [0.29, 0.717) is 5.69 Å². The van der Waals surface area contributed by atoms with Gasteiger partial charge in [0.05, 0.1) is 11.7 Å². The van der Waals surface area contributed by atoms with Gasteiger partial charge in [-0.2, -0.15) is 4.31 Å². The van der Waals surface area contributed by atoms with E-state index in [2.05, 4.69) is 15.5 Å². The Morgan fingerprint density at radius 3 is 2.41 bits per heavy atom. The molecule has 9 heteroatoms. The predicted molar refractivity (Wildman–Crippen MR) is 78.2 cm³/mol. The van der Waals surface area contributed by atoms with Crippen LogP contribution in [0.4, 0.5) is 5.69 Å². The molecule has 1 unspecified atom stereocenters. The standard InChI is InChI=1S/C13H16N6O2S/c14-12-3-1-2-4-13(12)22(20,21)19-10-5-9(6-11(19)7-10)18-8-15-16-17-18/h1-4,8-11H,5-7,14H2/t9?,10-,11+. The maximum atomic E-state index is 12.8. The lowest BCUT2D eigenvalue weighted by Crippen LogP contribution is -2.62. The van der Waals surface area contributed by atoms with Crippen molar-refractivity contribution in [2.45, 2.75) is 42.3 Å². The number of tetrazole rings is 1. The molecule has 0 radical (unpaired) electrons. The molecule has 2 bridgehead atoms. The minimum Gasteiger partial charge on any atom is -0.398 e. The Hall–Kier alpha value is -2.00. The molecule has 1 saturated carbocycles. The van der Waals surface area contributed by atoms with Gasteiger partial charge >= 0.3 is 0 Å². The van der Waals surface area contributed by atoms with Crippen molar-refractivity contribution in [1.82, 2.24) is 24.5 Å². The molecule has 1 aromatic carbocycles. The van der Waals surface area contributed by atoms with E-state index >= 15 is 0 Å². The largest absolute Gasteiger partial charge is 0.398 e. The first-order chi connectivity index (χ1) is 10.6. The van der Waals surface area contributed by atoms with Crippen LogP contribution in [0.3, 0.4) is 0 Å². The second kappa shape index (κ2) is 4.75. The number of hydrogen-bond acceptors (Lipinski definition) is 6. The van der Waals surface area contributed by atoms with Crippen molar-refractivity contribution in [3.63, 3.8) is 0 Å². The van der Waals surface area contributed by atoms with E-state index in [4.69, 9.17) is 5.73 Å². The van der Waals surface area contributed by atoms with Gasteiger partial charge in [-0.05, 0) is 41.8 Å². The number of hydrogen-bond donors (Lipinski definition) is 1. The van der Waals surface area contributed by atoms with Crippen molar-refractivity contribution in [1.29, 1.82) is 0 Å². The Bertz CT molecular complexity index is 779. The molecule has 0 spiro atoms. The molecule has 1 aliphatic carbocycles. The zero-order chi connectivity index (χ0) is 15.3. The van der Waals surface area contributed by atoms with Crippen LogP contribution in [-0.2, 0) is 10.0 Å². The molecule has 2 N–H and O–H groups in total. The van der Waals surface area contributed by atoms with Crippen molar-refractivity contribution in [3.8, 4) is 0 Å². The lowest BCUT2D eigenvalue weighted by molar-refractivity contribution is 0.0212. The molecule has 2 aromatic rings. The number of aromatic nitrogens is 4. The van der Waals surface area contributed by atoms with Gasteiger partial charge < -0.3 is 5.73 Å². The SMILES string of the molecule is Nc1ccccc1S(=O)(=O)N1[C@@H]2CC(n3cnnn3)C[C@H]1C2. The summed E-state index contributed by atoms with van der Waals surface area (Å²) in [5.74, 6) is 0. The fourth-order valence-electron chi connectivity index (χ4n) is 3.58. The lowest BCUT2D eigenvalue weighted by Gasteiger charge is -2.53. The van der Waals surface area contributed by atoms with E-state index in [1.165, 1.54) is 0 Å². The summed E-state index contributed by atoms with van der Waals surface area (Å²) in [5, 5.41) is 11.2. The number of fused-ring (bicyclic) bond motifs is 2. The van der Waals surface area contributed by atoms with Gasteiger partial charge in [-0.1, -0.05) is 12.1 Å². The quantitative estimate of drug-likeness (QED) is 0.821. The number of nitrogens with two attached hydrogens (primary N) is 1. The predicted octanol–water partition coefficient (Wildman–Crippen LogP) is 0.422. The van der Waals surface area contributed by atoms with E-state index in [9.17, 15) is 8.42 Å². The molecule has 8 nitrogen and oxygen atoms in total. The molecule has 1 aromatic heterocycles. The summed E-state index contributed by atoms with van der Waals surface area (Å²) >= 11 is 0. The van der Waals surface area contributed by atoms with Gasteiger partial charge in [0, 0.05) is 12.1 Å². The molecule has 116 valence electrons. The normalized spacial score (nSPS) is 28.3. The first-order valence-corrected chi connectivity index (χ1v) is 8.62. The van der Waals surface area contributed by atoms with Crippen molar-refractivity contribution < 1.29 is 8.42 Å².